The molecule has 0 aliphatic carbocycles. The van der Waals surface area contributed by atoms with E-state index in [1.54, 1.807) is 12.1 Å². The van der Waals surface area contributed by atoms with Gasteiger partial charge in [0.05, 0.1) is 12.1 Å². The molecule has 0 aliphatic heterocycles. The van der Waals surface area contributed by atoms with Crippen LogP contribution in [-0.4, -0.2) is 11.2 Å². The summed E-state index contributed by atoms with van der Waals surface area (Å²) in [6.07, 6.45) is -5.65. The molecule has 1 aromatic heterocycles. The van der Waals surface area contributed by atoms with Crippen LogP contribution in [-0.2, 0) is 12.7 Å². The van der Waals surface area contributed by atoms with Gasteiger partial charge in [0.2, 0.25) is 0 Å². The fourth-order valence-corrected chi connectivity index (χ4v) is 3.22. The molecular formula is C11H7BrF3NO2S. The van der Waals surface area contributed by atoms with Crippen molar-refractivity contribution in [2.75, 3.05) is 0 Å². The molecule has 1 heterocycles. The molecule has 0 atom stereocenters. The van der Waals surface area contributed by atoms with Gasteiger partial charge >= 0.3 is 12.3 Å². The van der Waals surface area contributed by atoms with Crippen molar-refractivity contribution in [3.8, 4) is 0 Å². The largest absolute Gasteiger partial charge is 0.465 e. The Labute approximate surface area is 118 Å². The van der Waals surface area contributed by atoms with Crippen LogP contribution in [0.15, 0.2) is 22.7 Å². The highest BCUT2D eigenvalue weighted by atomic mass is 79.9. The first kappa shape index (κ1) is 14.1. The predicted molar refractivity (Wildman–Crippen MR) is 69.4 cm³/mol. The van der Waals surface area contributed by atoms with Crippen molar-refractivity contribution in [2.24, 2.45) is 0 Å². The molecule has 1 amide bonds. The number of thiophene rings is 1. The third-order valence-corrected chi connectivity index (χ3v) is 3.99. The number of nitrogens with one attached hydrogen (secondary N) is 1. The second-order valence-electron chi connectivity index (χ2n) is 3.74. The lowest BCUT2D eigenvalue weighted by Crippen LogP contribution is -2.19. The van der Waals surface area contributed by atoms with Gasteiger partial charge in [0.25, 0.3) is 0 Å². The van der Waals surface area contributed by atoms with E-state index in [2.05, 4.69) is 21.2 Å². The van der Waals surface area contributed by atoms with Crippen LogP contribution >= 0.6 is 27.3 Å². The van der Waals surface area contributed by atoms with Crippen LogP contribution < -0.4 is 5.32 Å². The van der Waals surface area contributed by atoms with E-state index in [-0.39, 0.29) is 11.2 Å². The number of carboxylic acid groups (broad SMARTS) is 1. The highest BCUT2D eigenvalue weighted by Gasteiger charge is 2.33. The molecule has 0 saturated heterocycles. The molecule has 0 aliphatic rings. The van der Waals surface area contributed by atoms with Gasteiger partial charge in [0.1, 0.15) is 0 Å². The van der Waals surface area contributed by atoms with Gasteiger partial charge in [-0.1, -0.05) is 15.9 Å². The Morgan fingerprint density at radius 1 is 1.37 bits per heavy atom. The first-order chi connectivity index (χ1) is 8.77. The van der Waals surface area contributed by atoms with E-state index in [0.29, 0.717) is 14.7 Å². The van der Waals surface area contributed by atoms with Crippen LogP contribution in [0.4, 0.5) is 18.0 Å². The minimum atomic E-state index is -4.44. The number of carbonyl (C=O) groups is 1. The van der Waals surface area contributed by atoms with Gasteiger partial charge in [-0.25, -0.2) is 4.79 Å². The number of hydrogen-bond donors (Lipinski definition) is 2. The quantitative estimate of drug-likeness (QED) is 0.837. The van der Waals surface area contributed by atoms with Crippen LogP contribution in [0, 0.1) is 0 Å². The molecule has 3 nitrogen and oxygen atoms in total. The minimum Gasteiger partial charge on any atom is -0.465 e. The van der Waals surface area contributed by atoms with Crippen molar-refractivity contribution < 1.29 is 23.1 Å². The molecular weight excluding hydrogens is 347 g/mol. The van der Waals surface area contributed by atoms with Crippen LogP contribution in [0.2, 0.25) is 0 Å². The molecule has 8 heteroatoms. The van der Waals surface area contributed by atoms with Crippen molar-refractivity contribution in [3.63, 3.8) is 0 Å². The topological polar surface area (TPSA) is 49.3 Å². The Morgan fingerprint density at radius 2 is 2.05 bits per heavy atom. The maximum Gasteiger partial charge on any atom is 0.417 e. The Hall–Kier alpha value is -1.28. The van der Waals surface area contributed by atoms with Gasteiger partial charge in [-0.05, 0) is 23.6 Å². The van der Waals surface area contributed by atoms with Crippen molar-refractivity contribution in [1.29, 1.82) is 0 Å². The van der Waals surface area contributed by atoms with E-state index in [9.17, 15) is 18.0 Å². The smallest absolute Gasteiger partial charge is 0.417 e. The fraction of sp³-hybridized carbons (Fsp3) is 0.182. The van der Waals surface area contributed by atoms with Gasteiger partial charge in [-0.15, -0.1) is 11.3 Å². The maximum atomic E-state index is 12.9. The minimum absolute atomic E-state index is 0.0103. The highest BCUT2D eigenvalue weighted by molar-refractivity contribution is 9.10. The lowest BCUT2D eigenvalue weighted by Gasteiger charge is -2.08. The average molecular weight is 354 g/mol. The monoisotopic (exact) mass is 353 g/mol. The maximum absolute atomic E-state index is 12.9. The Balaban J connectivity index is 2.49. The van der Waals surface area contributed by atoms with Gasteiger partial charge in [-0.2, -0.15) is 13.2 Å². The summed E-state index contributed by atoms with van der Waals surface area (Å²) in [5.74, 6) is 0. The third-order valence-electron chi connectivity index (χ3n) is 2.35. The first-order valence-corrected chi connectivity index (χ1v) is 6.64. The lowest BCUT2D eigenvalue weighted by atomic mass is 10.1. The van der Waals surface area contributed by atoms with Gasteiger partial charge < -0.3 is 10.4 Å². The summed E-state index contributed by atoms with van der Waals surface area (Å²) in [6.45, 7) is -0.0103. The molecule has 0 fully saturated rings. The zero-order valence-corrected chi connectivity index (χ0v) is 11.6. The molecule has 0 unspecified atom stereocenters. The number of hydrogen-bond acceptors (Lipinski definition) is 2. The number of fused-ring (bicyclic) bond motifs is 1. The molecule has 0 bridgehead atoms. The van der Waals surface area contributed by atoms with Gasteiger partial charge in [-0.3, -0.25) is 0 Å². The first-order valence-electron chi connectivity index (χ1n) is 5.03. The summed E-state index contributed by atoms with van der Waals surface area (Å²) in [6, 6.07) is 4.15. The number of halogens is 4. The van der Waals surface area contributed by atoms with E-state index in [4.69, 9.17) is 5.11 Å². The van der Waals surface area contributed by atoms with Crippen molar-refractivity contribution in [1.82, 2.24) is 5.32 Å². The van der Waals surface area contributed by atoms with E-state index in [1.165, 1.54) is 0 Å². The van der Waals surface area contributed by atoms with Crippen LogP contribution in [0.1, 0.15) is 10.4 Å². The van der Waals surface area contributed by atoms with E-state index < -0.39 is 17.8 Å². The number of benzene rings is 1. The summed E-state index contributed by atoms with van der Waals surface area (Å²) >= 11 is 3.98. The molecule has 1 aromatic carbocycles. The fourth-order valence-electron chi connectivity index (χ4n) is 1.63. The summed E-state index contributed by atoms with van der Waals surface area (Å²) in [4.78, 5) is 10.9. The summed E-state index contributed by atoms with van der Waals surface area (Å²) in [5, 5.41) is 11.1. The molecule has 0 spiro atoms. The highest BCUT2D eigenvalue weighted by Crippen LogP contribution is 2.40. The lowest BCUT2D eigenvalue weighted by molar-refractivity contribution is -0.136. The van der Waals surface area contributed by atoms with Crippen molar-refractivity contribution >= 4 is 43.4 Å². The molecule has 19 heavy (non-hydrogen) atoms. The molecule has 0 saturated carbocycles. The molecule has 2 rings (SSSR count). The summed E-state index contributed by atoms with van der Waals surface area (Å²) < 4.78 is 39.1. The Kier molecular flexibility index (Phi) is 3.73. The number of rotatable bonds is 2. The van der Waals surface area contributed by atoms with Gasteiger partial charge in [0, 0.05) is 14.0 Å². The zero-order valence-electron chi connectivity index (χ0n) is 9.21. The second kappa shape index (κ2) is 5.01. The summed E-state index contributed by atoms with van der Waals surface area (Å²) in [7, 11) is 0. The second-order valence-corrected chi connectivity index (χ2v) is 5.79. The molecule has 102 valence electrons. The van der Waals surface area contributed by atoms with Gasteiger partial charge in [0.15, 0.2) is 0 Å². The molecule has 0 radical (unpaired) electrons. The standard InChI is InChI=1S/C11H7BrF3NO2S/c12-6-1-5-2-7(4-16-10(17)18)19-9(5)8(3-6)11(13,14)15/h1-3,16H,4H2,(H,17,18). The van der Waals surface area contributed by atoms with E-state index in [0.717, 1.165) is 17.4 Å². The molecule has 2 aromatic rings. The van der Waals surface area contributed by atoms with E-state index >= 15 is 0 Å². The molecule has 2 N–H and O–H groups in total. The Morgan fingerprint density at radius 3 is 2.63 bits per heavy atom. The summed E-state index contributed by atoms with van der Waals surface area (Å²) in [5.41, 5.74) is -0.719. The number of amides is 1. The number of alkyl halides is 3. The van der Waals surface area contributed by atoms with E-state index in [1.807, 2.05) is 0 Å². The Bertz CT molecular complexity index is 639. The predicted octanol–water partition coefficient (Wildman–Crippen LogP) is 4.45. The van der Waals surface area contributed by atoms with Crippen LogP contribution in [0.25, 0.3) is 10.1 Å². The zero-order chi connectivity index (χ0) is 14.2. The SMILES string of the molecule is O=C(O)NCc1cc2cc(Br)cc(C(F)(F)F)c2s1. The van der Waals surface area contributed by atoms with Crippen molar-refractivity contribution in [3.05, 3.63) is 33.1 Å². The van der Waals surface area contributed by atoms with Crippen LogP contribution in [0.3, 0.4) is 0 Å². The van der Waals surface area contributed by atoms with Crippen molar-refractivity contribution in [2.45, 2.75) is 12.7 Å². The average Bonchev–Trinajstić information content (AvgIpc) is 2.66. The third kappa shape index (κ3) is 3.19. The normalized spacial score (nSPS) is 11.8. The van der Waals surface area contributed by atoms with Crippen LogP contribution in [0.5, 0.6) is 0 Å².